The molecule has 0 bridgehead atoms. The second kappa shape index (κ2) is 12.4. The smallest absolute Gasteiger partial charge is 0.161 e. The van der Waals surface area contributed by atoms with Crippen LogP contribution >= 0.6 is 0 Å². The molecule has 0 aliphatic heterocycles. The molecule has 0 aromatic carbocycles. The first-order valence-corrected chi connectivity index (χ1v) is 8.77. The molecular formula is C21H32N2O. The van der Waals surface area contributed by atoms with Gasteiger partial charge in [-0.15, -0.1) is 5.92 Å². The largest absolute Gasteiger partial charge is 0.383 e. The van der Waals surface area contributed by atoms with Crippen LogP contribution < -0.4 is 5.73 Å². The fraction of sp³-hybridized carbons (Fsp3) is 0.524. The van der Waals surface area contributed by atoms with Gasteiger partial charge in [0.2, 0.25) is 0 Å². The van der Waals surface area contributed by atoms with Gasteiger partial charge < -0.3 is 5.73 Å². The summed E-state index contributed by atoms with van der Waals surface area (Å²) in [7, 11) is 0. The van der Waals surface area contributed by atoms with Gasteiger partial charge in [-0.3, -0.25) is 4.79 Å². The van der Waals surface area contributed by atoms with Crippen molar-refractivity contribution in [3.63, 3.8) is 0 Å². The highest BCUT2D eigenvalue weighted by molar-refractivity contribution is 6.01. The van der Waals surface area contributed by atoms with Gasteiger partial charge in [-0.25, -0.2) is 4.99 Å². The Morgan fingerprint density at radius 1 is 1.17 bits per heavy atom. The first-order valence-electron chi connectivity index (χ1n) is 8.77. The Hall–Kier alpha value is -2.08. The molecule has 0 radical (unpaired) electrons. The van der Waals surface area contributed by atoms with E-state index in [1.165, 1.54) is 0 Å². The molecule has 0 rings (SSSR count). The fourth-order valence-corrected chi connectivity index (χ4v) is 2.49. The number of Topliss-reactive ketones (excluding diaryl/α,β-unsaturated/α-hetero) is 1. The molecule has 2 N–H and O–H groups in total. The van der Waals surface area contributed by atoms with E-state index in [1.807, 2.05) is 13.8 Å². The van der Waals surface area contributed by atoms with Gasteiger partial charge in [-0.2, -0.15) is 0 Å². The van der Waals surface area contributed by atoms with Gasteiger partial charge in [0.15, 0.2) is 5.78 Å². The number of nitrogens with zero attached hydrogens (tertiary/aromatic N) is 1. The van der Waals surface area contributed by atoms with Crippen molar-refractivity contribution in [3.8, 4) is 11.8 Å². The van der Waals surface area contributed by atoms with Crippen molar-refractivity contribution in [2.45, 2.75) is 73.6 Å². The maximum Gasteiger partial charge on any atom is 0.161 e. The lowest BCUT2D eigenvalue weighted by Gasteiger charge is -2.16. The molecule has 0 spiro atoms. The minimum Gasteiger partial charge on any atom is -0.383 e. The van der Waals surface area contributed by atoms with Crippen LogP contribution in [0.3, 0.4) is 0 Å². The number of allylic oxidation sites excluding steroid dienone is 5. The summed E-state index contributed by atoms with van der Waals surface area (Å²) in [5, 5.41) is 0. The lowest BCUT2D eigenvalue weighted by atomic mass is 9.89. The maximum atomic E-state index is 12.5. The van der Waals surface area contributed by atoms with E-state index < -0.39 is 0 Å². The minimum atomic E-state index is -0.0163. The number of aliphatic imine (C=N–C) groups is 1. The molecule has 0 saturated carbocycles. The lowest BCUT2D eigenvalue weighted by Crippen LogP contribution is -2.12. The molecule has 0 aliphatic rings. The van der Waals surface area contributed by atoms with Gasteiger partial charge in [-0.1, -0.05) is 38.7 Å². The van der Waals surface area contributed by atoms with Crippen LogP contribution in [0, 0.1) is 11.8 Å². The average molecular weight is 328 g/mol. The summed E-state index contributed by atoms with van der Waals surface area (Å²) in [6.07, 6.45) is 8.56. The molecule has 24 heavy (non-hydrogen) atoms. The Labute approximate surface area is 147 Å². The van der Waals surface area contributed by atoms with E-state index in [9.17, 15) is 4.79 Å². The van der Waals surface area contributed by atoms with Gasteiger partial charge in [0.1, 0.15) is 5.82 Å². The molecule has 0 amide bonds. The monoisotopic (exact) mass is 328 g/mol. The van der Waals surface area contributed by atoms with E-state index in [0.717, 1.165) is 48.8 Å². The Morgan fingerprint density at radius 2 is 1.83 bits per heavy atom. The second-order valence-electron chi connectivity index (χ2n) is 5.71. The van der Waals surface area contributed by atoms with Gasteiger partial charge in [0.05, 0.1) is 0 Å². The number of carbonyl (C=O) groups is 1. The molecule has 0 unspecified atom stereocenters. The van der Waals surface area contributed by atoms with Crippen LogP contribution in [-0.4, -0.2) is 12.0 Å². The van der Waals surface area contributed by atoms with Crippen molar-refractivity contribution in [2.75, 3.05) is 0 Å². The molecule has 3 nitrogen and oxygen atoms in total. The first-order chi connectivity index (χ1) is 11.4. The van der Waals surface area contributed by atoms with Crippen molar-refractivity contribution < 1.29 is 4.79 Å². The summed E-state index contributed by atoms with van der Waals surface area (Å²) in [5.74, 6) is 6.42. The maximum absolute atomic E-state index is 12.5. The van der Waals surface area contributed by atoms with E-state index >= 15 is 0 Å². The van der Waals surface area contributed by atoms with Crippen LogP contribution in [0.15, 0.2) is 39.2 Å². The number of hydrogen-bond acceptors (Lipinski definition) is 3. The SMILES string of the molecule is CC#C/C(CCCC)=C(C(C)=O)/C(C(/C)=C/CCC)=C(N)/N=C\C. The molecule has 132 valence electrons. The zero-order chi connectivity index (χ0) is 18.5. The third-order valence-corrected chi connectivity index (χ3v) is 3.62. The lowest BCUT2D eigenvalue weighted by molar-refractivity contribution is -0.113. The summed E-state index contributed by atoms with van der Waals surface area (Å²) >= 11 is 0. The van der Waals surface area contributed by atoms with Gasteiger partial charge >= 0.3 is 0 Å². The van der Waals surface area contributed by atoms with E-state index in [2.05, 4.69) is 36.8 Å². The molecular weight excluding hydrogens is 296 g/mol. The minimum absolute atomic E-state index is 0.0163. The van der Waals surface area contributed by atoms with E-state index in [0.29, 0.717) is 11.4 Å². The highest BCUT2D eigenvalue weighted by atomic mass is 16.1. The fourth-order valence-electron chi connectivity index (χ4n) is 2.49. The molecule has 0 aromatic heterocycles. The molecule has 0 heterocycles. The Bertz CT molecular complexity index is 607. The van der Waals surface area contributed by atoms with Gasteiger partial charge in [-0.05, 0) is 52.5 Å². The zero-order valence-corrected chi connectivity index (χ0v) is 16.1. The van der Waals surface area contributed by atoms with E-state index in [1.54, 1.807) is 20.1 Å². The van der Waals surface area contributed by atoms with E-state index in [-0.39, 0.29) is 5.78 Å². The highest BCUT2D eigenvalue weighted by Gasteiger charge is 2.20. The molecule has 0 aliphatic carbocycles. The molecule has 0 atom stereocenters. The quantitative estimate of drug-likeness (QED) is 0.277. The van der Waals surface area contributed by atoms with Crippen molar-refractivity contribution in [2.24, 2.45) is 10.7 Å². The summed E-state index contributed by atoms with van der Waals surface area (Å²) in [6.45, 7) is 11.4. The number of unbranched alkanes of at least 4 members (excludes halogenated alkanes) is 2. The summed E-state index contributed by atoms with van der Waals surface area (Å²) in [4.78, 5) is 16.7. The Balaban J connectivity index is 6.56. The summed E-state index contributed by atoms with van der Waals surface area (Å²) in [6, 6.07) is 0. The number of hydrogen-bond donors (Lipinski definition) is 1. The van der Waals surface area contributed by atoms with Gasteiger partial charge in [0, 0.05) is 22.9 Å². The van der Waals surface area contributed by atoms with Crippen LogP contribution in [-0.2, 0) is 4.79 Å². The Kier molecular flexibility index (Phi) is 11.3. The Morgan fingerprint density at radius 3 is 2.29 bits per heavy atom. The average Bonchev–Trinajstić information content (AvgIpc) is 2.54. The van der Waals surface area contributed by atoms with Crippen LogP contribution in [0.4, 0.5) is 0 Å². The van der Waals surface area contributed by atoms with Crippen molar-refractivity contribution in [3.05, 3.63) is 34.2 Å². The second-order valence-corrected chi connectivity index (χ2v) is 5.71. The predicted molar refractivity (Wildman–Crippen MR) is 105 cm³/mol. The van der Waals surface area contributed by atoms with E-state index in [4.69, 9.17) is 5.73 Å². The van der Waals surface area contributed by atoms with Crippen molar-refractivity contribution >= 4 is 12.0 Å². The third kappa shape index (κ3) is 7.00. The number of nitrogens with two attached hydrogens (primary N) is 1. The number of rotatable bonds is 9. The highest BCUT2D eigenvalue weighted by Crippen LogP contribution is 2.28. The standard InChI is InChI=1S/C21H32N2O/c1-7-11-14-16(5)19(21(22)23-10-4)20(17(6)24)18(13-9-3)15-12-8-2/h10,14H,7-8,11-12,15,22H2,1-6H3/b16-14+,20-18-,21-19+,23-10-. The van der Waals surface area contributed by atoms with Crippen LogP contribution in [0.5, 0.6) is 0 Å². The zero-order valence-electron chi connectivity index (χ0n) is 16.1. The normalized spacial score (nSPS) is 14.0. The summed E-state index contributed by atoms with van der Waals surface area (Å²) < 4.78 is 0. The first kappa shape index (κ1) is 21.9. The van der Waals surface area contributed by atoms with Gasteiger partial charge in [0.25, 0.3) is 0 Å². The summed E-state index contributed by atoms with van der Waals surface area (Å²) in [5.41, 5.74) is 9.39. The van der Waals surface area contributed by atoms with Crippen molar-refractivity contribution in [1.82, 2.24) is 0 Å². The van der Waals surface area contributed by atoms with Crippen LogP contribution in [0.1, 0.15) is 73.6 Å². The predicted octanol–water partition coefficient (Wildman–Crippen LogP) is 5.09. The molecule has 0 saturated heterocycles. The van der Waals surface area contributed by atoms with Crippen LogP contribution in [0.25, 0.3) is 0 Å². The topological polar surface area (TPSA) is 55.5 Å². The van der Waals surface area contributed by atoms with Crippen molar-refractivity contribution in [1.29, 1.82) is 0 Å². The van der Waals surface area contributed by atoms with Crippen LogP contribution in [0.2, 0.25) is 0 Å². The molecule has 0 fully saturated rings. The number of ketones is 1. The number of carbonyl (C=O) groups excluding carboxylic acids is 1. The molecule has 3 heteroatoms. The molecule has 0 aromatic rings. The third-order valence-electron chi connectivity index (χ3n) is 3.62.